The lowest BCUT2D eigenvalue weighted by molar-refractivity contribution is 0.121. The molecule has 0 amide bonds. The van der Waals surface area contributed by atoms with E-state index in [2.05, 4.69) is 17.9 Å². The monoisotopic (exact) mass is 292 g/mol. The van der Waals surface area contributed by atoms with E-state index < -0.39 is 0 Å². The molecule has 2 atom stereocenters. The SMILES string of the molecule is CCC1CCCCN1C(C(N)=S)c1ccccc1OC. The number of methoxy groups -OCH3 is 1. The van der Waals surface area contributed by atoms with Crippen molar-refractivity contribution in [2.24, 2.45) is 5.73 Å². The third-order valence-electron chi connectivity index (χ3n) is 4.18. The van der Waals surface area contributed by atoms with Crippen molar-refractivity contribution >= 4 is 17.2 Å². The molecular weight excluding hydrogens is 268 g/mol. The van der Waals surface area contributed by atoms with Crippen molar-refractivity contribution in [1.29, 1.82) is 0 Å². The van der Waals surface area contributed by atoms with Crippen molar-refractivity contribution in [3.05, 3.63) is 29.8 Å². The summed E-state index contributed by atoms with van der Waals surface area (Å²) in [4.78, 5) is 3.00. The molecule has 2 rings (SSSR count). The van der Waals surface area contributed by atoms with Crippen LogP contribution in [-0.2, 0) is 0 Å². The van der Waals surface area contributed by atoms with E-state index >= 15 is 0 Å². The summed E-state index contributed by atoms with van der Waals surface area (Å²) in [6, 6.07) is 8.59. The number of hydrogen-bond donors (Lipinski definition) is 1. The molecule has 20 heavy (non-hydrogen) atoms. The number of benzene rings is 1. The summed E-state index contributed by atoms with van der Waals surface area (Å²) in [6.45, 7) is 3.29. The molecule has 1 heterocycles. The van der Waals surface area contributed by atoms with Gasteiger partial charge in [-0.3, -0.25) is 4.90 Å². The van der Waals surface area contributed by atoms with Crippen molar-refractivity contribution in [3.63, 3.8) is 0 Å². The van der Waals surface area contributed by atoms with Crippen LogP contribution in [0, 0.1) is 0 Å². The third kappa shape index (κ3) is 3.13. The summed E-state index contributed by atoms with van der Waals surface area (Å²) in [5, 5.41) is 0. The van der Waals surface area contributed by atoms with Gasteiger partial charge in [0.05, 0.1) is 18.1 Å². The zero-order chi connectivity index (χ0) is 14.5. The predicted molar refractivity (Wildman–Crippen MR) is 87.2 cm³/mol. The number of rotatable bonds is 5. The maximum atomic E-state index is 6.07. The van der Waals surface area contributed by atoms with Gasteiger partial charge < -0.3 is 10.5 Å². The van der Waals surface area contributed by atoms with Crippen LogP contribution in [-0.4, -0.2) is 29.6 Å². The van der Waals surface area contributed by atoms with Crippen molar-refractivity contribution < 1.29 is 4.74 Å². The predicted octanol–water partition coefficient (Wildman–Crippen LogP) is 3.29. The van der Waals surface area contributed by atoms with Gasteiger partial charge in [0.15, 0.2) is 0 Å². The summed E-state index contributed by atoms with van der Waals surface area (Å²) < 4.78 is 5.49. The molecular formula is C16H24N2OS. The number of nitrogens with two attached hydrogens (primary N) is 1. The normalized spacial score (nSPS) is 21.4. The van der Waals surface area contributed by atoms with Gasteiger partial charge in [-0.1, -0.05) is 43.8 Å². The van der Waals surface area contributed by atoms with Crippen LogP contribution in [0.25, 0.3) is 0 Å². The lowest BCUT2D eigenvalue weighted by atomic mass is 9.94. The van der Waals surface area contributed by atoms with Gasteiger partial charge in [-0.15, -0.1) is 0 Å². The Morgan fingerprint density at radius 3 is 2.85 bits per heavy atom. The number of likely N-dealkylation sites (tertiary alicyclic amines) is 1. The molecule has 4 heteroatoms. The minimum atomic E-state index is -0.0219. The number of piperidine rings is 1. The number of para-hydroxylation sites is 1. The van der Waals surface area contributed by atoms with Gasteiger partial charge in [0.2, 0.25) is 0 Å². The lowest BCUT2D eigenvalue weighted by Crippen LogP contribution is -2.46. The highest BCUT2D eigenvalue weighted by molar-refractivity contribution is 7.80. The van der Waals surface area contributed by atoms with E-state index in [1.807, 2.05) is 18.2 Å². The molecule has 2 N–H and O–H groups in total. The standard InChI is InChI=1S/C16H24N2OS/c1-3-12-8-6-7-11-18(12)15(16(17)20)13-9-4-5-10-14(13)19-2/h4-5,9-10,12,15H,3,6-8,11H2,1-2H3,(H2,17,20). The molecule has 110 valence electrons. The van der Waals surface area contributed by atoms with Gasteiger partial charge in [0, 0.05) is 11.6 Å². The minimum Gasteiger partial charge on any atom is -0.496 e. The van der Waals surface area contributed by atoms with Crippen molar-refractivity contribution in [3.8, 4) is 5.75 Å². The van der Waals surface area contributed by atoms with Crippen LogP contribution in [0.5, 0.6) is 5.75 Å². The number of hydrogen-bond acceptors (Lipinski definition) is 3. The molecule has 0 radical (unpaired) electrons. The number of nitrogens with zero attached hydrogens (tertiary/aromatic N) is 1. The largest absolute Gasteiger partial charge is 0.496 e. The molecule has 1 aliphatic rings. The van der Waals surface area contributed by atoms with Crippen LogP contribution in [0.4, 0.5) is 0 Å². The van der Waals surface area contributed by atoms with E-state index in [0.29, 0.717) is 11.0 Å². The summed E-state index contributed by atoms with van der Waals surface area (Å²) in [5.74, 6) is 0.866. The first-order valence-electron chi connectivity index (χ1n) is 7.37. The fraction of sp³-hybridized carbons (Fsp3) is 0.562. The molecule has 0 spiro atoms. The average molecular weight is 292 g/mol. The molecule has 1 aromatic carbocycles. The maximum absolute atomic E-state index is 6.07. The Hall–Kier alpha value is -1.13. The smallest absolute Gasteiger partial charge is 0.124 e. The lowest BCUT2D eigenvalue weighted by Gasteiger charge is -2.41. The Balaban J connectivity index is 2.37. The maximum Gasteiger partial charge on any atom is 0.124 e. The first-order chi connectivity index (χ1) is 9.69. The van der Waals surface area contributed by atoms with Gasteiger partial charge in [-0.2, -0.15) is 0 Å². The van der Waals surface area contributed by atoms with Gasteiger partial charge >= 0.3 is 0 Å². The van der Waals surface area contributed by atoms with Crippen molar-refractivity contribution in [1.82, 2.24) is 4.90 Å². The van der Waals surface area contributed by atoms with E-state index in [1.165, 1.54) is 19.3 Å². The molecule has 1 fully saturated rings. The Morgan fingerprint density at radius 1 is 1.45 bits per heavy atom. The van der Waals surface area contributed by atoms with E-state index in [0.717, 1.165) is 24.3 Å². The van der Waals surface area contributed by atoms with E-state index in [-0.39, 0.29) is 6.04 Å². The fourth-order valence-corrected chi connectivity index (χ4v) is 3.45. The van der Waals surface area contributed by atoms with E-state index in [9.17, 15) is 0 Å². The highest BCUT2D eigenvalue weighted by Crippen LogP contribution is 2.34. The first kappa shape index (κ1) is 15.3. The van der Waals surface area contributed by atoms with Crippen molar-refractivity contribution in [2.45, 2.75) is 44.7 Å². The topological polar surface area (TPSA) is 38.5 Å². The highest BCUT2D eigenvalue weighted by Gasteiger charge is 2.32. The summed E-state index contributed by atoms with van der Waals surface area (Å²) in [7, 11) is 1.70. The molecule has 0 bridgehead atoms. The Bertz CT molecular complexity index is 464. The molecule has 0 aromatic heterocycles. The van der Waals surface area contributed by atoms with Crippen LogP contribution in [0.3, 0.4) is 0 Å². The van der Waals surface area contributed by atoms with Gasteiger partial charge in [0.1, 0.15) is 5.75 Å². The van der Waals surface area contributed by atoms with Gasteiger partial charge in [-0.25, -0.2) is 0 Å². The first-order valence-corrected chi connectivity index (χ1v) is 7.77. The number of ether oxygens (including phenoxy) is 1. The Labute approximate surface area is 127 Å². The van der Waals surface area contributed by atoms with Gasteiger partial charge in [0.25, 0.3) is 0 Å². The van der Waals surface area contributed by atoms with Gasteiger partial charge in [-0.05, 0) is 31.9 Å². The van der Waals surface area contributed by atoms with Crippen LogP contribution in [0.1, 0.15) is 44.2 Å². The number of thiocarbonyl (C=S) groups is 1. The highest BCUT2D eigenvalue weighted by atomic mass is 32.1. The zero-order valence-electron chi connectivity index (χ0n) is 12.3. The molecule has 3 nitrogen and oxygen atoms in total. The Kier molecular flexibility index (Phi) is 5.38. The minimum absolute atomic E-state index is 0.0219. The summed E-state index contributed by atoms with van der Waals surface area (Å²) in [5.41, 5.74) is 7.16. The molecule has 1 saturated heterocycles. The zero-order valence-corrected chi connectivity index (χ0v) is 13.2. The molecule has 0 aliphatic carbocycles. The Morgan fingerprint density at radius 2 is 2.20 bits per heavy atom. The fourth-order valence-electron chi connectivity index (χ4n) is 3.19. The average Bonchev–Trinajstić information content (AvgIpc) is 2.48. The second kappa shape index (κ2) is 7.04. The molecule has 1 aliphatic heterocycles. The van der Waals surface area contributed by atoms with Crippen LogP contribution in [0.2, 0.25) is 0 Å². The van der Waals surface area contributed by atoms with E-state index in [4.69, 9.17) is 22.7 Å². The van der Waals surface area contributed by atoms with Crippen molar-refractivity contribution in [2.75, 3.05) is 13.7 Å². The molecule has 0 saturated carbocycles. The quantitative estimate of drug-likeness (QED) is 0.845. The molecule has 1 aromatic rings. The third-order valence-corrected chi connectivity index (χ3v) is 4.40. The second-order valence-corrected chi connectivity index (χ2v) is 5.81. The summed E-state index contributed by atoms with van der Waals surface area (Å²) >= 11 is 5.37. The van der Waals surface area contributed by atoms with Crippen LogP contribution in [0.15, 0.2) is 24.3 Å². The summed E-state index contributed by atoms with van der Waals surface area (Å²) in [6.07, 6.45) is 4.87. The van der Waals surface area contributed by atoms with Crippen LogP contribution >= 0.6 is 12.2 Å². The second-order valence-electron chi connectivity index (χ2n) is 5.34. The molecule has 2 unspecified atom stereocenters. The van der Waals surface area contributed by atoms with Crippen LogP contribution < -0.4 is 10.5 Å². The van der Waals surface area contributed by atoms with E-state index in [1.54, 1.807) is 7.11 Å².